The van der Waals surface area contributed by atoms with Gasteiger partial charge in [-0.05, 0) is 54.6 Å². The molecule has 1 saturated heterocycles. The first kappa shape index (κ1) is 13.6. The summed E-state index contributed by atoms with van der Waals surface area (Å²) in [5.74, 6) is 0.413. The van der Waals surface area contributed by atoms with E-state index < -0.39 is 12.6 Å². The maximum atomic E-state index is 12.3. The number of likely N-dealkylation sites (tertiary alicyclic amines) is 1. The van der Waals surface area contributed by atoms with Gasteiger partial charge >= 0.3 is 6.09 Å². The highest BCUT2D eigenvalue weighted by Gasteiger charge is 2.40. The number of carbonyl (C=O) groups excluding carboxylic acids is 1. The third-order valence-corrected chi connectivity index (χ3v) is 4.53. The monoisotopic (exact) mass is 398 g/mol. The molecule has 2 atom stereocenters. The van der Waals surface area contributed by atoms with Crippen LogP contribution < -0.4 is 4.74 Å². The van der Waals surface area contributed by atoms with Crippen molar-refractivity contribution in [1.82, 2.24) is 14.9 Å². The summed E-state index contributed by atoms with van der Waals surface area (Å²) in [4.78, 5) is 22.4. The molecule has 0 saturated carbocycles. The molecule has 6 nitrogen and oxygen atoms in total. The Morgan fingerprint density at radius 3 is 2.92 bits per heavy atom. The fourth-order valence-corrected chi connectivity index (χ4v) is 3.48. The van der Waals surface area contributed by atoms with Crippen LogP contribution in [0.15, 0.2) is 16.9 Å². The van der Waals surface area contributed by atoms with Crippen molar-refractivity contribution in [2.24, 2.45) is 11.8 Å². The Morgan fingerprint density at radius 1 is 1.46 bits per heavy atom. The third kappa shape index (κ3) is 3.55. The number of aromatic nitrogens is 2. The van der Waals surface area contributed by atoms with E-state index in [1.54, 1.807) is 4.90 Å². The quantitative estimate of drug-likeness (QED) is 0.762. The second-order valence-electron chi connectivity index (χ2n) is 7.15. The number of allylic oxidation sites excluding steroid dienone is 1. The number of methoxy groups -OCH3 is 1. The van der Waals surface area contributed by atoms with Crippen molar-refractivity contribution in [3.63, 3.8) is 0 Å². The van der Waals surface area contributed by atoms with Gasteiger partial charge in [0.2, 0.25) is 5.88 Å². The zero-order chi connectivity index (χ0) is 20.0. The molecule has 0 spiro atoms. The Kier molecular flexibility index (Phi) is 3.61. The number of nitrogens with zero attached hydrogens (tertiary/aromatic N) is 3. The Bertz CT molecular complexity index is 777. The van der Waals surface area contributed by atoms with E-state index in [-0.39, 0.29) is 23.8 Å². The smallest absolute Gasteiger partial charge is 0.410 e. The first-order valence-electron chi connectivity index (χ1n) is 9.32. The van der Waals surface area contributed by atoms with Crippen LogP contribution in [0.1, 0.15) is 37.0 Å². The first-order valence-corrected chi connectivity index (χ1v) is 8.61. The van der Waals surface area contributed by atoms with Gasteiger partial charge in [-0.25, -0.2) is 14.8 Å². The van der Waals surface area contributed by atoms with Gasteiger partial charge in [-0.1, -0.05) is 6.08 Å². The molecule has 1 fully saturated rings. The Balaban J connectivity index is 1.76. The molecular formula is C17H22BrN3O3. The molecule has 0 aromatic carbocycles. The molecule has 2 aliphatic rings. The van der Waals surface area contributed by atoms with E-state index in [2.05, 4.69) is 25.9 Å². The van der Waals surface area contributed by atoms with Crippen molar-refractivity contribution in [3.05, 3.63) is 22.6 Å². The molecule has 3 rings (SSSR count). The van der Waals surface area contributed by atoms with Gasteiger partial charge in [0.1, 0.15) is 15.9 Å². The molecule has 0 N–H and O–H groups in total. The van der Waals surface area contributed by atoms with Crippen LogP contribution in [-0.2, 0) is 4.74 Å². The second kappa shape index (κ2) is 6.35. The molecule has 24 heavy (non-hydrogen) atoms. The number of ether oxygens (including phenoxy) is 2. The molecule has 7 heteroatoms. The highest BCUT2D eigenvalue weighted by atomic mass is 79.9. The average Bonchev–Trinajstić information content (AvgIpc) is 3.04. The Hall–Kier alpha value is -1.63. The molecule has 1 aliphatic carbocycles. The van der Waals surface area contributed by atoms with E-state index >= 15 is 0 Å². The summed E-state index contributed by atoms with van der Waals surface area (Å²) in [6.45, 7) is 6.70. The van der Waals surface area contributed by atoms with E-state index in [4.69, 9.17) is 13.6 Å². The van der Waals surface area contributed by atoms with Crippen molar-refractivity contribution in [1.29, 1.82) is 0 Å². The number of rotatable bonds is 2. The highest BCUT2D eigenvalue weighted by Crippen LogP contribution is 2.42. The lowest BCUT2D eigenvalue weighted by Crippen LogP contribution is -2.35. The Morgan fingerprint density at radius 2 is 2.25 bits per heavy atom. The predicted octanol–water partition coefficient (Wildman–Crippen LogP) is 3.52. The van der Waals surface area contributed by atoms with Gasteiger partial charge in [0, 0.05) is 19.0 Å². The maximum absolute atomic E-state index is 12.3. The largest absolute Gasteiger partial charge is 0.479 e. The Labute approximate surface area is 154 Å². The number of amides is 1. The van der Waals surface area contributed by atoms with Crippen LogP contribution in [0.25, 0.3) is 5.57 Å². The van der Waals surface area contributed by atoms with E-state index in [0.717, 1.165) is 5.57 Å². The second-order valence-corrected chi connectivity index (χ2v) is 7.97. The molecule has 1 aromatic rings. The zero-order valence-electron chi connectivity index (χ0n) is 16.9. The first-order chi connectivity index (χ1) is 12.4. The fraction of sp³-hybridized carbons (Fsp3) is 0.588. The van der Waals surface area contributed by atoms with Crippen LogP contribution in [0.2, 0.25) is 0 Å². The van der Waals surface area contributed by atoms with Crippen LogP contribution in [0.3, 0.4) is 0 Å². The van der Waals surface area contributed by atoms with Crippen LogP contribution in [-0.4, -0.2) is 46.7 Å². The number of hydrogen-bond acceptors (Lipinski definition) is 5. The van der Waals surface area contributed by atoms with Crippen molar-refractivity contribution in [3.8, 4) is 5.88 Å². The van der Waals surface area contributed by atoms with Gasteiger partial charge in [0.15, 0.2) is 0 Å². The van der Waals surface area contributed by atoms with Crippen LogP contribution in [0, 0.1) is 11.8 Å². The maximum Gasteiger partial charge on any atom is 0.410 e. The molecule has 1 aromatic heterocycles. The summed E-state index contributed by atoms with van der Waals surface area (Å²) in [6.07, 6.45) is 3.82. The summed E-state index contributed by atoms with van der Waals surface area (Å²) >= 11 is 3.27. The summed E-state index contributed by atoms with van der Waals surface area (Å²) in [6, 6.07) is 0. The van der Waals surface area contributed by atoms with Gasteiger partial charge in [-0.15, -0.1) is 0 Å². The van der Waals surface area contributed by atoms with Crippen molar-refractivity contribution < 1.29 is 18.4 Å². The van der Waals surface area contributed by atoms with Crippen LogP contribution >= 0.6 is 15.9 Å². The molecule has 130 valence electrons. The van der Waals surface area contributed by atoms with E-state index in [1.807, 2.05) is 26.8 Å². The van der Waals surface area contributed by atoms with Gasteiger partial charge in [-0.3, -0.25) is 0 Å². The molecule has 1 aliphatic heterocycles. The molecule has 2 heterocycles. The molecule has 1 amide bonds. The van der Waals surface area contributed by atoms with Gasteiger partial charge < -0.3 is 14.4 Å². The lowest BCUT2D eigenvalue weighted by molar-refractivity contribution is 0.0285. The fourth-order valence-electron chi connectivity index (χ4n) is 3.20. The lowest BCUT2D eigenvalue weighted by Gasteiger charge is -2.24. The van der Waals surface area contributed by atoms with Crippen molar-refractivity contribution >= 4 is 27.6 Å². The zero-order valence-corrected chi connectivity index (χ0v) is 15.5. The van der Waals surface area contributed by atoms with E-state index in [0.29, 0.717) is 29.8 Å². The van der Waals surface area contributed by atoms with Crippen molar-refractivity contribution in [2.45, 2.75) is 32.8 Å². The minimum Gasteiger partial charge on any atom is -0.479 e. The number of hydrogen-bond donors (Lipinski definition) is 0. The number of carbonyl (C=O) groups is 1. The summed E-state index contributed by atoms with van der Waals surface area (Å²) in [5, 5.41) is 0. The van der Waals surface area contributed by atoms with Crippen molar-refractivity contribution in [2.75, 3.05) is 20.1 Å². The lowest BCUT2D eigenvalue weighted by atomic mass is 9.99. The molecule has 0 radical (unpaired) electrons. The molecule has 0 bridgehead atoms. The SMILES string of the molecule is [2H]C([2H])([2H])Oc1ncc(Br)nc1C1=CC2CN(C(=O)OC(C)(C)C)CC2C1. The minimum atomic E-state index is -2.60. The summed E-state index contributed by atoms with van der Waals surface area (Å²) < 4.78 is 32.9. The normalized spacial score (nSPS) is 25.4. The third-order valence-electron chi connectivity index (χ3n) is 4.15. The molecule has 2 unspecified atom stereocenters. The summed E-state index contributed by atoms with van der Waals surface area (Å²) in [5.41, 5.74) is 0.795. The van der Waals surface area contributed by atoms with Crippen LogP contribution in [0.5, 0.6) is 5.88 Å². The number of halogens is 1. The highest BCUT2D eigenvalue weighted by molar-refractivity contribution is 9.10. The van der Waals surface area contributed by atoms with Gasteiger partial charge in [0.25, 0.3) is 0 Å². The van der Waals surface area contributed by atoms with Gasteiger partial charge in [0.05, 0.1) is 17.3 Å². The standard InChI is InChI=1S/C17H22BrN3O3/c1-17(2,3)24-16(22)21-8-11-5-10(6-12(11)9-21)14-15(23-4)19-7-13(18)20-14/h5,7,11-12H,6,8-9H2,1-4H3/i4D3. The topological polar surface area (TPSA) is 64.6 Å². The number of fused-ring (bicyclic) bond motifs is 1. The molecular weight excluding hydrogens is 374 g/mol. The minimum absolute atomic E-state index is 0.00609. The van der Waals surface area contributed by atoms with E-state index in [1.165, 1.54) is 6.20 Å². The summed E-state index contributed by atoms with van der Waals surface area (Å²) in [7, 11) is -2.60. The van der Waals surface area contributed by atoms with Crippen LogP contribution in [0.4, 0.5) is 4.79 Å². The average molecular weight is 399 g/mol. The van der Waals surface area contributed by atoms with Gasteiger partial charge in [-0.2, -0.15) is 0 Å². The van der Waals surface area contributed by atoms with E-state index in [9.17, 15) is 4.79 Å². The predicted molar refractivity (Wildman–Crippen MR) is 93.7 cm³/mol.